The van der Waals surface area contributed by atoms with Gasteiger partial charge in [0.25, 0.3) is 0 Å². The Morgan fingerprint density at radius 2 is 1.92 bits per heavy atom. The van der Waals surface area contributed by atoms with E-state index >= 15 is 0 Å². The molecule has 11 heteroatoms. The van der Waals surface area contributed by atoms with Gasteiger partial charge in [0.1, 0.15) is 0 Å². The Morgan fingerprint density at radius 3 is 2.38 bits per heavy atom. The second kappa shape index (κ2) is 8.65. The van der Waals surface area contributed by atoms with Gasteiger partial charge in [-0.05, 0) is 25.2 Å². The first-order chi connectivity index (χ1) is 10.6. The van der Waals surface area contributed by atoms with Gasteiger partial charge in [0.2, 0.25) is 10.0 Å². The molecule has 1 aromatic rings. The zero-order valence-corrected chi connectivity index (χ0v) is 14.8. The molecule has 0 unspecified atom stereocenters. The molecule has 0 aliphatic rings. The van der Waals surface area contributed by atoms with Crippen molar-refractivity contribution in [3.63, 3.8) is 0 Å². The third-order valence-corrected chi connectivity index (χ3v) is 4.94. The van der Waals surface area contributed by atoms with Gasteiger partial charge in [0.05, 0.1) is 23.1 Å². The van der Waals surface area contributed by atoms with Crippen molar-refractivity contribution in [2.24, 2.45) is 0 Å². The Labute approximate surface area is 144 Å². The van der Waals surface area contributed by atoms with Crippen LogP contribution in [0, 0.1) is 0 Å². The van der Waals surface area contributed by atoms with Crippen LogP contribution in [0.3, 0.4) is 0 Å². The van der Waals surface area contributed by atoms with Crippen LogP contribution in [0.4, 0.5) is 13.2 Å². The fraction of sp³-hybridized carbons (Fsp3) is 0.462. The molecule has 0 aromatic heterocycles. The van der Waals surface area contributed by atoms with E-state index in [0.717, 1.165) is 23.5 Å². The lowest BCUT2D eigenvalue weighted by Crippen LogP contribution is -2.33. The van der Waals surface area contributed by atoms with Gasteiger partial charge in [-0.25, -0.2) is 13.2 Å². The SMILES string of the molecule is CNCCN(C)S(=O)(=O)c1ccc(C(=O)OC)c(C(F)(F)F)c1.Cl. The molecule has 1 N–H and O–H groups in total. The predicted octanol–water partition coefficient (Wildman–Crippen LogP) is 1.75. The fourth-order valence-electron chi connectivity index (χ4n) is 1.78. The molecule has 0 fully saturated rings. The topological polar surface area (TPSA) is 75.7 Å². The van der Waals surface area contributed by atoms with Gasteiger partial charge < -0.3 is 10.1 Å². The molecule has 0 bridgehead atoms. The van der Waals surface area contributed by atoms with E-state index in [1.54, 1.807) is 7.05 Å². The van der Waals surface area contributed by atoms with E-state index in [4.69, 9.17) is 0 Å². The van der Waals surface area contributed by atoms with Gasteiger partial charge in [-0.3, -0.25) is 0 Å². The van der Waals surface area contributed by atoms with E-state index in [1.165, 1.54) is 7.05 Å². The van der Waals surface area contributed by atoms with Crippen molar-refractivity contribution in [3.05, 3.63) is 29.3 Å². The van der Waals surface area contributed by atoms with Crippen molar-refractivity contribution in [1.29, 1.82) is 0 Å². The van der Waals surface area contributed by atoms with E-state index in [-0.39, 0.29) is 19.0 Å². The number of ether oxygens (including phenoxy) is 1. The van der Waals surface area contributed by atoms with E-state index in [1.807, 2.05) is 0 Å². The van der Waals surface area contributed by atoms with Gasteiger partial charge in [-0.15, -0.1) is 12.4 Å². The molecule has 138 valence electrons. The lowest BCUT2D eigenvalue weighted by Gasteiger charge is -2.19. The predicted molar refractivity (Wildman–Crippen MR) is 83.8 cm³/mol. The summed E-state index contributed by atoms with van der Waals surface area (Å²) in [5, 5.41) is 2.74. The third-order valence-electron chi connectivity index (χ3n) is 3.09. The summed E-state index contributed by atoms with van der Waals surface area (Å²) < 4.78 is 69.1. The Bertz CT molecular complexity index is 680. The Morgan fingerprint density at radius 1 is 1.33 bits per heavy atom. The summed E-state index contributed by atoms with van der Waals surface area (Å²) >= 11 is 0. The largest absolute Gasteiger partial charge is 0.465 e. The number of halogens is 4. The zero-order chi connectivity index (χ0) is 17.8. The molecule has 0 aliphatic heterocycles. The van der Waals surface area contributed by atoms with Crippen molar-refractivity contribution in [2.45, 2.75) is 11.1 Å². The minimum atomic E-state index is -4.89. The minimum Gasteiger partial charge on any atom is -0.465 e. The summed E-state index contributed by atoms with van der Waals surface area (Å²) in [7, 11) is -0.282. The van der Waals surface area contributed by atoms with Crippen LogP contribution in [0.1, 0.15) is 15.9 Å². The number of likely N-dealkylation sites (N-methyl/N-ethyl adjacent to an activating group) is 2. The maximum absolute atomic E-state index is 13.1. The number of hydrogen-bond donors (Lipinski definition) is 1. The van der Waals surface area contributed by atoms with Crippen LogP contribution in [0.2, 0.25) is 0 Å². The second-order valence-electron chi connectivity index (χ2n) is 4.63. The number of rotatable bonds is 6. The van der Waals surface area contributed by atoms with Gasteiger partial charge in [0.15, 0.2) is 0 Å². The van der Waals surface area contributed by atoms with E-state index < -0.39 is 38.2 Å². The number of nitrogens with one attached hydrogen (secondary N) is 1. The highest BCUT2D eigenvalue weighted by atomic mass is 35.5. The minimum absolute atomic E-state index is 0. The molecule has 1 rings (SSSR count). The van der Waals surface area contributed by atoms with Crippen LogP contribution >= 0.6 is 12.4 Å². The number of alkyl halides is 3. The first-order valence-corrected chi connectivity index (χ1v) is 7.90. The van der Waals surface area contributed by atoms with Crippen molar-refractivity contribution in [2.75, 3.05) is 34.3 Å². The number of nitrogens with zero attached hydrogens (tertiary/aromatic N) is 1. The van der Waals surface area contributed by atoms with Crippen LogP contribution in [0.5, 0.6) is 0 Å². The van der Waals surface area contributed by atoms with Gasteiger partial charge in [-0.1, -0.05) is 0 Å². The average Bonchev–Trinajstić information content (AvgIpc) is 2.50. The van der Waals surface area contributed by atoms with E-state index in [0.29, 0.717) is 12.6 Å². The fourth-order valence-corrected chi connectivity index (χ4v) is 2.97. The zero-order valence-electron chi connectivity index (χ0n) is 13.2. The molecule has 0 saturated heterocycles. The van der Waals surface area contributed by atoms with E-state index in [9.17, 15) is 26.4 Å². The number of carbonyl (C=O) groups is 1. The van der Waals surface area contributed by atoms with Gasteiger partial charge in [0, 0.05) is 20.1 Å². The molecule has 0 spiro atoms. The number of sulfonamides is 1. The Balaban J connectivity index is 0.00000529. The number of benzene rings is 1. The summed E-state index contributed by atoms with van der Waals surface area (Å²) in [5.41, 5.74) is -2.09. The first-order valence-electron chi connectivity index (χ1n) is 6.46. The average molecular weight is 391 g/mol. The number of esters is 1. The van der Waals surface area contributed by atoms with Crippen LogP contribution < -0.4 is 5.32 Å². The maximum atomic E-state index is 13.1. The van der Waals surface area contributed by atoms with Crippen molar-refractivity contribution in [1.82, 2.24) is 9.62 Å². The first kappa shape index (κ1) is 22.6. The summed E-state index contributed by atoms with van der Waals surface area (Å²) in [6, 6.07) is 2.19. The third kappa shape index (κ3) is 5.07. The van der Waals surface area contributed by atoms with Crippen molar-refractivity contribution in [3.8, 4) is 0 Å². The van der Waals surface area contributed by atoms with Crippen LogP contribution in [0.15, 0.2) is 23.1 Å². The van der Waals surface area contributed by atoms with Gasteiger partial charge in [-0.2, -0.15) is 17.5 Å². The molecule has 0 heterocycles. The molecule has 24 heavy (non-hydrogen) atoms. The summed E-state index contributed by atoms with van der Waals surface area (Å²) in [6.45, 7) is 0.418. The molecule has 0 amide bonds. The molecule has 6 nitrogen and oxygen atoms in total. The lowest BCUT2D eigenvalue weighted by molar-refractivity contribution is -0.138. The van der Waals surface area contributed by atoms with Crippen molar-refractivity contribution < 1.29 is 31.1 Å². The molecule has 0 saturated carbocycles. The molecular weight excluding hydrogens is 373 g/mol. The Hall–Kier alpha value is -1.36. The number of methoxy groups -OCH3 is 1. The maximum Gasteiger partial charge on any atom is 0.417 e. The van der Waals surface area contributed by atoms with Crippen molar-refractivity contribution >= 4 is 28.4 Å². The quantitative estimate of drug-likeness (QED) is 0.749. The highest BCUT2D eigenvalue weighted by Crippen LogP contribution is 2.34. The number of carbonyl (C=O) groups excluding carboxylic acids is 1. The normalized spacial score (nSPS) is 12.0. The van der Waals surface area contributed by atoms with E-state index in [2.05, 4.69) is 10.1 Å². The Kier molecular flexibility index (Phi) is 8.16. The summed E-state index contributed by atoms with van der Waals surface area (Å²) in [5.74, 6) is -1.19. The molecule has 1 aromatic carbocycles. The molecule has 0 aliphatic carbocycles. The molecular formula is C13H18ClF3N2O4S. The highest BCUT2D eigenvalue weighted by Gasteiger charge is 2.37. The monoisotopic (exact) mass is 390 g/mol. The number of hydrogen-bond acceptors (Lipinski definition) is 5. The molecule has 0 radical (unpaired) electrons. The second-order valence-corrected chi connectivity index (χ2v) is 6.67. The summed E-state index contributed by atoms with van der Waals surface area (Å²) in [4.78, 5) is 10.9. The van der Waals surface area contributed by atoms with Crippen LogP contribution in [0.25, 0.3) is 0 Å². The standard InChI is InChI=1S/C13H17F3N2O4S.ClH/c1-17-6-7-18(2)23(20,21)9-4-5-10(12(19)22-3)11(8-9)13(14,15)16;/h4-5,8,17H,6-7H2,1-3H3;1H. The van der Waals surface area contributed by atoms with Crippen LogP contribution in [-0.2, 0) is 20.9 Å². The smallest absolute Gasteiger partial charge is 0.417 e. The van der Waals surface area contributed by atoms with Gasteiger partial charge >= 0.3 is 12.1 Å². The molecule has 0 atom stereocenters. The van der Waals surface area contributed by atoms with Crippen LogP contribution in [-0.4, -0.2) is 53.0 Å². The summed E-state index contributed by atoms with van der Waals surface area (Å²) in [6.07, 6.45) is -4.89. The highest BCUT2D eigenvalue weighted by molar-refractivity contribution is 7.89. The lowest BCUT2D eigenvalue weighted by atomic mass is 10.1.